The van der Waals surface area contributed by atoms with Gasteiger partial charge in [0.2, 0.25) is 5.91 Å². The van der Waals surface area contributed by atoms with Crippen molar-refractivity contribution in [3.05, 3.63) is 34.9 Å². The van der Waals surface area contributed by atoms with Gasteiger partial charge >= 0.3 is 0 Å². The lowest BCUT2D eigenvalue weighted by Gasteiger charge is -2.15. The van der Waals surface area contributed by atoms with E-state index in [0.717, 1.165) is 31.6 Å². The Morgan fingerprint density at radius 2 is 2.14 bits per heavy atom. The van der Waals surface area contributed by atoms with Crippen molar-refractivity contribution in [2.24, 2.45) is 0 Å². The smallest absolute Gasteiger partial charge is 0.234 e. The Hall–Kier alpha value is -0.810. The third-order valence-corrected chi connectivity index (χ3v) is 3.68. The number of carbonyl (C=O) groups excluding carboxylic acids is 1. The van der Waals surface area contributed by atoms with E-state index < -0.39 is 0 Å². The molecule has 0 spiro atoms. The number of rotatable bonds is 6. The van der Waals surface area contributed by atoms with Crippen LogP contribution in [0.25, 0.3) is 0 Å². The van der Waals surface area contributed by atoms with E-state index in [2.05, 4.69) is 10.6 Å². The van der Waals surface area contributed by atoms with Crippen LogP contribution >= 0.6 is 24.0 Å². The fourth-order valence-electron chi connectivity index (χ4n) is 2.28. The summed E-state index contributed by atoms with van der Waals surface area (Å²) in [6.07, 6.45) is 2.46. The Morgan fingerprint density at radius 1 is 1.43 bits per heavy atom. The van der Waals surface area contributed by atoms with Crippen LogP contribution in [0.4, 0.5) is 0 Å². The van der Waals surface area contributed by atoms with Crippen LogP contribution in [-0.4, -0.2) is 31.7 Å². The topological polar surface area (TPSA) is 50.4 Å². The van der Waals surface area contributed by atoms with Gasteiger partial charge in [0, 0.05) is 18.2 Å². The molecule has 1 aromatic carbocycles. The average molecular weight is 333 g/mol. The fourth-order valence-corrected chi connectivity index (χ4v) is 2.41. The molecule has 1 aliphatic rings. The maximum atomic E-state index is 11.8. The summed E-state index contributed by atoms with van der Waals surface area (Å²) in [7, 11) is 0. The van der Waals surface area contributed by atoms with Crippen molar-refractivity contribution in [2.45, 2.75) is 31.9 Å². The number of nitrogens with one attached hydrogen (secondary N) is 2. The summed E-state index contributed by atoms with van der Waals surface area (Å²) in [6, 6.07) is 7.48. The average Bonchev–Trinajstić information content (AvgIpc) is 2.92. The zero-order valence-electron chi connectivity index (χ0n) is 12.1. The Balaban J connectivity index is 0.00000220. The van der Waals surface area contributed by atoms with Gasteiger partial charge < -0.3 is 15.4 Å². The lowest BCUT2D eigenvalue weighted by Crippen LogP contribution is -2.38. The first kappa shape index (κ1) is 18.2. The molecule has 4 nitrogen and oxygen atoms in total. The van der Waals surface area contributed by atoms with Gasteiger partial charge in [-0.2, -0.15) is 0 Å². The standard InChI is InChI=1S/C15H21ClN2O2.ClH/c1-11(12-4-6-13(16)7-5-12)18-15(19)10-17-9-14-3-2-8-20-14;/h4-7,11,14,17H,2-3,8-10H2,1H3,(H,18,19);1H. The van der Waals surface area contributed by atoms with Crippen molar-refractivity contribution in [3.8, 4) is 0 Å². The molecule has 0 radical (unpaired) electrons. The van der Waals surface area contributed by atoms with Crippen molar-refractivity contribution in [1.29, 1.82) is 0 Å². The van der Waals surface area contributed by atoms with Gasteiger partial charge in [0.25, 0.3) is 0 Å². The molecule has 2 N–H and O–H groups in total. The molecule has 1 aromatic rings. The van der Waals surface area contributed by atoms with Crippen molar-refractivity contribution in [3.63, 3.8) is 0 Å². The van der Waals surface area contributed by atoms with Gasteiger partial charge in [0.1, 0.15) is 0 Å². The Bertz CT molecular complexity index is 434. The lowest BCUT2D eigenvalue weighted by atomic mass is 10.1. The molecule has 0 aliphatic carbocycles. The van der Waals surface area contributed by atoms with Crippen LogP contribution in [0.15, 0.2) is 24.3 Å². The van der Waals surface area contributed by atoms with Crippen molar-refractivity contribution in [1.82, 2.24) is 10.6 Å². The van der Waals surface area contributed by atoms with E-state index in [4.69, 9.17) is 16.3 Å². The third-order valence-electron chi connectivity index (χ3n) is 3.43. The number of carbonyl (C=O) groups is 1. The minimum atomic E-state index is -0.0238. The van der Waals surface area contributed by atoms with Gasteiger partial charge in [0.15, 0.2) is 0 Å². The molecule has 1 saturated heterocycles. The summed E-state index contributed by atoms with van der Waals surface area (Å²) in [4.78, 5) is 11.8. The molecule has 1 aliphatic heterocycles. The van der Waals surface area contributed by atoms with Crippen LogP contribution in [0.3, 0.4) is 0 Å². The highest BCUT2D eigenvalue weighted by Gasteiger charge is 2.15. The van der Waals surface area contributed by atoms with E-state index in [-0.39, 0.29) is 30.5 Å². The first-order chi connectivity index (χ1) is 9.65. The van der Waals surface area contributed by atoms with Gasteiger partial charge in [-0.05, 0) is 37.5 Å². The summed E-state index contributed by atoms with van der Waals surface area (Å²) in [5, 5.41) is 6.79. The minimum Gasteiger partial charge on any atom is -0.377 e. The first-order valence-electron chi connectivity index (χ1n) is 7.02. The maximum Gasteiger partial charge on any atom is 0.234 e. The minimum absolute atomic E-state index is 0. The van der Waals surface area contributed by atoms with E-state index in [1.165, 1.54) is 0 Å². The van der Waals surface area contributed by atoms with Crippen LogP contribution in [0.1, 0.15) is 31.4 Å². The van der Waals surface area contributed by atoms with Crippen molar-refractivity contribution < 1.29 is 9.53 Å². The molecule has 2 atom stereocenters. The molecular weight excluding hydrogens is 311 g/mol. The number of ether oxygens (including phenoxy) is 1. The van der Waals surface area contributed by atoms with Crippen LogP contribution in [0.2, 0.25) is 5.02 Å². The van der Waals surface area contributed by atoms with Gasteiger partial charge in [0.05, 0.1) is 18.7 Å². The largest absolute Gasteiger partial charge is 0.377 e. The van der Waals surface area contributed by atoms with Crippen molar-refractivity contribution in [2.75, 3.05) is 19.7 Å². The summed E-state index contributed by atoms with van der Waals surface area (Å²) >= 11 is 5.84. The normalized spacial score (nSPS) is 18.9. The van der Waals surface area contributed by atoms with Crippen LogP contribution < -0.4 is 10.6 Å². The predicted octanol–water partition coefficient (Wildman–Crippen LogP) is 2.71. The number of amides is 1. The second-order valence-corrected chi connectivity index (χ2v) is 5.54. The molecule has 1 amide bonds. The summed E-state index contributed by atoms with van der Waals surface area (Å²) < 4.78 is 5.49. The number of halogens is 2. The number of hydrogen-bond acceptors (Lipinski definition) is 3. The Labute approximate surface area is 137 Å². The van der Waals surface area contributed by atoms with E-state index in [1.807, 2.05) is 31.2 Å². The monoisotopic (exact) mass is 332 g/mol. The molecule has 1 heterocycles. The van der Waals surface area contributed by atoms with Crippen LogP contribution in [-0.2, 0) is 9.53 Å². The second kappa shape index (κ2) is 9.26. The summed E-state index contributed by atoms with van der Waals surface area (Å²) in [5.41, 5.74) is 1.04. The Morgan fingerprint density at radius 3 is 2.76 bits per heavy atom. The SMILES string of the molecule is CC(NC(=O)CNCC1CCCO1)c1ccc(Cl)cc1.Cl. The summed E-state index contributed by atoms with van der Waals surface area (Å²) in [5.74, 6) is -0.00885. The molecule has 1 fully saturated rings. The van der Waals surface area contributed by atoms with Gasteiger partial charge in [-0.1, -0.05) is 23.7 Å². The summed E-state index contributed by atoms with van der Waals surface area (Å²) in [6.45, 7) is 3.86. The third kappa shape index (κ3) is 6.22. The first-order valence-corrected chi connectivity index (χ1v) is 7.40. The highest BCUT2D eigenvalue weighted by Crippen LogP contribution is 2.15. The maximum absolute atomic E-state index is 11.8. The van der Waals surface area contributed by atoms with E-state index in [9.17, 15) is 4.79 Å². The highest BCUT2D eigenvalue weighted by atomic mass is 35.5. The molecular formula is C15H22Cl2N2O2. The number of benzene rings is 1. The number of hydrogen-bond donors (Lipinski definition) is 2. The second-order valence-electron chi connectivity index (χ2n) is 5.11. The molecule has 21 heavy (non-hydrogen) atoms. The van der Waals surface area contributed by atoms with Gasteiger partial charge in [-0.15, -0.1) is 12.4 Å². The van der Waals surface area contributed by atoms with E-state index in [1.54, 1.807) is 0 Å². The van der Waals surface area contributed by atoms with Gasteiger partial charge in [-0.25, -0.2) is 0 Å². The van der Waals surface area contributed by atoms with Crippen LogP contribution in [0, 0.1) is 0 Å². The predicted molar refractivity (Wildman–Crippen MR) is 87.1 cm³/mol. The fraction of sp³-hybridized carbons (Fsp3) is 0.533. The van der Waals surface area contributed by atoms with Crippen molar-refractivity contribution >= 4 is 29.9 Å². The van der Waals surface area contributed by atoms with Gasteiger partial charge in [-0.3, -0.25) is 4.79 Å². The zero-order chi connectivity index (χ0) is 14.4. The highest BCUT2D eigenvalue weighted by molar-refractivity contribution is 6.30. The molecule has 0 bridgehead atoms. The van der Waals surface area contributed by atoms with E-state index >= 15 is 0 Å². The molecule has 118 valence electrons. The Kier molecular flexibility index (Phi) is 8.04. The molecule has 6 heteroatoms. The molecule has 0 aromatic heterocycles. The molecule has 2 rings (SSSR count). The molecule has 0 saturated carbocycles. The quantitative estimate of drug-likeness (QED) is 0.842. The molecule has 2 unspecified atom stereocenters. The lowest BCUT2D eigenvalue weighted by molar-refractivity contribution is -0.120. The van der Waals surface area contributed by atoms with E-state index in [0.29, 0.717) is 11.6 Å². The van der Waals surface area contributed by atoms with Crippen LogP contribution in [0.5, 0.6) is 0 Å². The zero-order valence-corrected chi connectivity index (χ0v) is 13.7.